The van der Waals surface area contributed by atoms with Gasteiger partial charge in [-0.15, -0.1) is 0 Å². The quantitative estimate of drug-likeness (QED) is 0.593. The van der Waals surface area contributed by atoms with Crippen LogP contribution in [0.5, 0.6) is 0 Å². The van der Waals surface area contributed by atoms with Crippen LogP contribution in [0.4, 0.5) is 5.69 Å². The van der Waals surface area contributed by atoms with Crippen molar-refractivity contribution in [3.8, 4) is 0 Å². The number of quaternary nitrogens is 1. The van der Waals surface area contributed by atoms with Gasteiger partial charge in [0, 0.05) is 6.42 Å². The second kappa shape index (κ2) is 5.17. The Kier molecular flexibility index (Phi) is 4.35. The summed E-state index contributed by atoms with van der Waals surface area (Å²) < 4.78 is 22.5. The molecule has 3 nitrogen and oxygen atoms in total. The van der Waals surface area contributed by atoms with Gasteiger partial charge in [-0.05, 0) is 19.1 Å². The second-order valence-electron chi connectivity index (χ2n) is 4.24. The molecule has 1 saturated heterocycles. The molecule has 0 radical (unpaired) electrons. The van der Waals surface area contributed by atoms with Gasteiger partial charge in [0.2, 0.25) is 0 Å². The molecule has 0 amide bonds. The Morgan fingerprint density at radius 3 is 2.38 bits per heavy atom. The first-order valence-electron chi connectivity index (χ1n) is 5.17. The van der Waals surface area contributed by atoms with Gasteiger partial charge in [0.25, 0.3) is 0 Å². The fraction of sp³-hybridized carbons (Fsp3) is 0.455. The molecule has 2 N–H and O–H groups in total. The number of halogens is 1. The Labute approximate surface area is 103 Å². The van der Waals surface area contributed by atoms with E-state index in [1.165, 1.54) is 5.56 Å². The lowest BCUT2D eigenvalue weighted by Gasteiger charge is -2.06. The van der Waals surface area contributed by atoms with Crippen molar-refractivity contribution in [3.63, 3.8) is 0 Å². The molecule has 90 valence electrons. The van der Waals surface area contributed by atoms with E-state index in [2.05, 4.69) is 17.4 Å². The van der Waals surface area contributed by atoms with Crippen molar-refractivity contribution >= 4 is 15.5 Å². The van der Waals surface area contributed by atoms with E-state index in [-0.39, 0.29) is 18.4 Å². The van der Waals surface area contributed by atoms with Crippen LogP contribution in [0.1, 0.15) is 12.0 Å². The largest absolute Gasteiger partial charge is 1.00 e. The fourth-order valence-electron chi connectivity index (χ4n) is 1.90. The standard InChI is InChI=1S/C11H15NO2S.ClH/c1-9-2-4-10(5-3-9)12-11-6-7-15(13,14)8-11;/h2-5,11-12H,6-8H2,1H3;1H. The first-order chi connectivity index (χ1) is 7.05. The van der Waals surface area contributed by atoms with E-state index in [0.29, 0.717) is 11.5 Å². The van der Waals surface area contributed by atoms with Crippen LogP contribution in [0, 0.1) is 6.92 Å². The zero-order valence-corrected chi connectivity index (χ0v) is 10.8. The Hall–Kier alpha value is -0.580. The lowest BCUT2D eigenvalue weighted by atomic mass is 10.2. The van der Waals surface area contributed by atoms with E-state index in [9.17, 15) is 8.42 Å². The van der Waals surface area contributed by atoms with E-state index in [4.69, 9.17) is 0 Å². The Bertz CT molecular complexity index is 442. The maximum atomic E-state index is 11.3. The molecule has 16 heavy (non-hydrogen) atoms. The molecule has 1 aliphatic rings. The smallest absolute Gasteiger partial charge is 0.156 e. The molecule has 0 aliphatic carbocycles. The number of rotatable bonds is 2. The van der Waals surface area contributed by atoms with E-state index in [0.717, 1.165) is 12.1 Å². The Morgan fingerprint density at radius 2 is 1.88 bits per heavy atom. The molecule has 1 fully saturated rings. The van der Waals surface area contributed by atoms with Crippen LogP contribution in [0.15, 0.2) is 24.3 Å². The van der Waals surface area contributed by atoms with Crippen LogP contribution < -0.4 is 17.7 Å². The van der Waals surface area contributed by atoms with Crippen molar-refractivity contribution < 1.29 is 26.1 Å². The minimum Gasteiger partial charge on any atom is -1.00 e. The maximum Gasteiger partial charge on any atom is 0.156 e. The third kappa shape index (κ3) is 3.47. The summed E-state index contributed by atoms with van der Waals surface area (Å²) in [7, 11) is -2.75. The van der Waals surface area contributed by atoms with Gasteiger partial charge in [0.05, 0.1) is 5.75 Å². The van der Waals surface area contributed by atoms with Gasteiger partial charge in [-0.2, -0.15) is 0 Å². The summed E-state index contributed by atoms with van der Waals surface area (Å²) in [4.78, 5) is 0. The predicted molar refractivity (Wildman–Crippen MR) is 59.8 cm³/mol. The molecule has 1 atom stereocenters. The number of benzene rings is 1. The van der Waals surface area contributed by atoms with Crippen LogP contribution in [-0.4, -0.2) is 26.0 Å². The molecule has 2 rings (SSSR count). The molecular formula is C11H16ClNO2S. The second-order valence-corrected chi connectivity index (χ2v) is 6.47. The summed E-state index contributed by atoms with van der Waals surface area (Å²) in [6, 6.07) is 8.39. The van der Waals surface area contributed by atoms with E-state index in [1.807, 2.05) is 19.1 Å². The molecule has 1 heterocycles. The van der Waals surface area contributed by atoms with E-state index < -0.39 is 9.84 Å². The molecule has 1 unspecified atom stereocenters. The van der Waals surface area contributed by atoms with Crippen LogP contribution in [0.2, 0.25) is 0 Å². The van der Waals surface area contributed by atoms with Crippen LogP contribution in [-0.2, 0) is 9.84 Å². The van der Waals surface area contributed by atoms with Gasteiger partial charge < -0.3 is 17.7 Å². The minimum absolute atomic E-state index is 0. The summed E-state index contributed by atoms with van der Waals surface area (Å²) >= 11 is 0. The van der Waals surface area contributed by atoms with E-state index in [1.54, 1.807) is 0 Å². The van der Waals surface area contributed by atoms with Crippen molar-refractivity contribution in [1.82, 2.24) is 0 Å². The Morgan fingerprint density at radius 1 is 1.25 bits per heavy atom. The molecule has 0 spiro atoms. The summed E-state index contributed by atoms with van der Waals surface area (Å²) in [5.74, 6) is 0.668. The highest BCUT2D eigenvalue weighted by Crippen LogP contribution is 2.10. The molecule has 1 aromatic rings. The lowest BCUT2D eigenvalue weighted by molar-refractivity contribution is -0.605. The van der Waals surface area contributed by atoms with Crippen LogP contribution >= 0.6 is 0 Å². The summed E-state index contributed by atoms with van der Waals surface area (Å²) in [5.41, 5.74) is 2.36. The minimum atomic E-state index is -2.75. The SMILES string of the molecule is Cc1ccc([NH2+]C2CCS(=O)(=O)C2)cc1.[Cl-]. The highest BCUT2D eigenvalue weighted by Gasteiger charge is 2.30. The number of hydrogen-bond donors (Lipinski definition) is 1. The summed E-state index contributed by atoms with van der Waals surface area (Å²) in [6.07, 6.45) is 0.774. The first kappa shape index (κ1) is 13.5. The molecule has 1 aliphatic heterocycles. The summed E-state index contributed by atoms with van der Waals surface area (Å²) in [6.45, 7) is 2.05. The van der Waals surface area contributed by atoms with Crippen molar-refractivity contribution in [2.45, 2.75) is 19.4 Å². The van der Waals surface area contributed by atoms with Crippen LogP contribution in [0.25, 0.3) is 0 Å². The topological polar surface area (TPSA) is 50.8 Å². The monoisotopic (exact) mass is 261 g/mol. The van der Waals surface area contributed by atoms with Gasteiger partial charge in [0.15, 0.2) is 9.84 Å². The van der Waals surface area contributed by atoms with Crippen LogP contribution in [0.3, 0.4) is 0 Å². The lowest BCUT2D eigenvalue weighted by Crippen LogP contribution is -3.00. The third-order valence-corrected chi connectivity index (χ3v) is 4.57. The van der Waals surface area contributed by atoms with Crippen molar-refractivity contribution in [2.75, 3.05) is 11.5 Å². The molecular weight excluding hydrogens is 246 g/mol. The first-order valence-corrected chi connectivity index (χ1v) is 6.99. The highest BCUT2D eigenvalue weighted by atomic mass is 35.5. The predicted octanol–water partition coefficient (Wildman–Crippen LogP) is -2.62. The average molecular weight is 262 g/mol. The molecule has 1 aromatic carbocycles. The average Bonchev–Trinajstić information content (AvgIpc) is 2.50. The number of sulfone groups is 1. The highest BCUT2D eigenvalue weighted by molar-refractivity contribution is 7.91. The number of hydrogen-bond acceptors (Lipinski definition) is 2. The zero-order chi connectivity index (χ0) is 10.9. The molecule has 0 bridgehead atoms. The van der Waals surface area contributed by atoms with Crippen molar-refractivity contribution in [2.24, 2.45) is 0 Å². The molecule has 0 saturated carbocycles. The molecule has 0 aromatic heterocycles. The molecule has 5 heteroatoms. The Balaban J connectivity index is 0.00000128. The normalized spacial score (nSPS) is 22.7. The van der Waals surface area contributed by atoms with Gasteiger partial charge in [-0.3, -0.25) is 0 Å². The van der Waals surface area contributed by atoms with Crippen molar-refractivity contribution in [3.05, 3.63) is 29.8 Å². The van der Waals surface area contributed by atoms with Gasteiger partial charge in [0.1, 0.15) is 17.5 Å². The maximum absolute atomic E-state index is 11.3. The number of aryl methyl sites for hydroxylation is 1. The van der Waals surface area contributed by atoms with E-state index >= 15 is 0 Å². The fourth-order valence-corrected chi connectivity index (χ4v) is 3.65. The van der Waals surface area contributed by atoms with Crippen molar-refractivity contribution in [1.29, 1.82) is 0 Å². The third-order valence-electron chi connectivity index (χ3n) is 2.77. The van der Waals surface area contributed by atoms with Gasteiger partial charge >= 0.3 is 0 Å². The summed E-state index contributed by atoms with van der Waals surface area (Å²) in [5, 5.41) is 2.07. The van der Waals surface area contributed by atoms with Gasteiger partial charge in [-0.1, -0.05) is 17.7 Å². The number of nitrogens with two attached hydrogens (primary N) is 1. The van der Waals surface area contributed by atoms with Gasteiger partial charge in [-0.25, -0.2) is 8.42 Å². The zero-order valence-electron chi connectivity index (χ0n) is 9.19.